The number of halogens is 1. The number of amides is 1. The maximum atomic E-state index is 12.2. The maximum Gasteiger partial charge on any atom is 0.241 e. The Morgan fingerprint density at radius 2 is 1.77 bits per heavy atom. The van der Waals surface area contributed by atoms with Gasteiger partial charge in [0.15, 0.2) is 0 Å². The quantitative estimate of drug-likeness (QED) is 0.882. The van der Waals surface area contributed by atoms with Gasteiger partial charge < -0.3 is 11.1 Å². The van der Waals surface area contributed by atoms with Gasteiger partial charge in [-0.3, -0.25) is 4.79 Å². The molecule has 0 saturated carbocycles. The summed E-state index contributed by atoms with van der Waals surface area (Å²) in [6, 6.07) is 17.2. The number of hydrogen-bond donors (Lipinski definition) is 2. The average molecular weight is 319 g/mol. The number of rotatable bonds is 5. The van der Waals surface area contributed by atoms with Crippen LogP contribution in [0.2, 0.25) is 0 Å². The lowest BCUT2D eigenvalue weighted by molar-refractivity contribution is -0.117. The monoisotopic (exact) mass is 318 g/mol. The van der Waals surface area contributed by atoms with Crippen molar-refractivity contribution in [3.8, 4) is 0 Å². The van der Waals surface area contributed by atoms with E-state index in [0.717, 1.165) is 11.3 Å². The second-order valence-corrected chi connectivity index (χ2v) is 5.57. The van der Waals surface area contributed by atoms with Crippen LogP contribution in [0.15, 0.2) is 54.6 Å². The molecule has 2 aromatic carbocycles. The van der Waals surface area contributed by atoms with E-state index in [2.05, 4.69) is 25.2 Å². The van der Waals surface area contributed by atoms with Gasteiger partial charge in [0.2, 0.25) is 5.91 Å². The molecule has 0 saturated heterocycles. The number of carbonyl (C=O) groups excluding carboxylic acids is 1. The minimum Gasteiger partial charge on any atom is -0.325 e. The third-order valence-electron chi connectivity index (χ3n) is 3.46. The molecule has 0 aliphatic carbocycles. The summed E-state index contributed by atoms with van der Waals surface area (Å²) in [4.78, 5) is 12.2. The van der Waals surface area contributed by atoms with E-state index in [9.17, 15) is 4.79 Å². The summed E-state index contributed by atoms with van der Waals surface area (Å²) in [7, 11) is 0. The van der Waals surface area contributed by atoms with E-state index in [1.807, 2.05) is 48.5 Å². The molecule has 2 rings (SSSR count). The van der Waals surface area contributed by atoms with Gasteiger partial charge in [-0.25, -0.2) is 0 Å². The smallest absolute Gasteiger partial charge is 0.241 e. The molecule has 1 amide bonds. The topological polar surface area (TPSA) is 55.1 Å². The summed E-state index contributed by atoms with van der Waals surface area (Å²) in [6.45, 7) is 4.25. The van der Waals surface area contributed by atoms with Crippen LogP contribution in [0.1, 0.15) is 30.9 Å². The van der Waals surface area contributed by atoms with E-state index in [1.54, 1.807) is 0 Å². The number of hydrogen-bond acceptors (Lipinski definition) is 2. The normalized spacial score (nSPS) is 11.6. The first-order chi connectivity index (χ1) is 10.1. The average Bonchev–Trinajstić information content (AvgIpc) is 2.48. The summed E-state index contributed by atoms with van der Waals surface area (Å²) in [5, 5.41) is 2.89. The lowest BCUT2D eigenvalue weighted by Gasteiger charge is -2.14. The van der Waals surface area contributed by atoms with Crippen molar-refractivity contribution in [2.24, 2.45) is 5.73 Å². The predicted molar refractivity (Wildman–Crippen MR) is 94.5 cm³/mol. The van der Waals surface area contributed by atoms with Crippen LogP contribution >= 0.6 is 12.4 Å². The van der Waals surface area contributed by atoms with Crippen LogP contribution in [-0.2, 0) is 11.2 Å². The highest BCUT2D eigenvalue weighted by Crippen LogP contribution is 2.18. The summed E-state index contributed by atoms with van der Waals surface area (Å²) in [5.41, 5.74) is 9.05. The maximum absolute atomic E-state index is 12.2. The van der Waals surface area contributed by atoms with Crippen molar-refractivity contribution in [1.82, 2.24) is 0 Å². The fourth-order valence-electron chi connectivity index (χ4n) is 2.17. The second kappa shape index (κ2) is 8.57. The number of nitrogens with two attached hydrogens (primary N) is 1. The van der Waals surface area contributed by atoms with E-state index in [-0.39, 0.29) is 18.3 Å². The molecular formula is C18H23ClN2O. The molecule has 0 bridgehead atoms. The molecule has 0 aliphatic heterocycles. The fraction of sp³-hybridized carbons (Fsp3) is 0.278. The summed E-state index contributed by atoms with van der Waals surface area (Å²) in [5.74, 6) is 0.277. The zero-order valence-corrected chi connectivity index (χ0v) is 13.8. The van der Waals surface area contributed by atoms with Gasteiger partial charge in [-0.05, 0) is 35.6 Å². The highest BCUT2D eigenvalue weighted by Gasteiger charge is 2.14. The molecule has 22 heavy (non-hydrogen) atoms. The van der Waals surface area contributed by atoms with Crippen molar-refractivity contribution in [1.29, 1.82) is 0 Å². The zero-order chi connectivity index (χ0) is 15.2. The van der Waals surface area contributed by atoms with Crippen LogP contribution in [0.4, 0.5) is 5.69 Å². The molecule has 0 aromatic heterocycles. The Balaban J connectivity index is 0.00000242. The molecule has 0 fully saturated rings. The Bertz CT molecular complexity index is 599. The van der Waals surface area contributed by atoms with Gasteiger partial charge in [0.05, 0.1) is 6.04 Å². The lowest BCUT2D eigenvalue weighted by atomic mass is 10.0. The van der Waals surface area contributed by atoms with Crippen LogP contribution in [0.5, 0.6) is 0 Å². The van der Waals surface area contributed by atoms with Crippen molar-refractivity contribution in [2.45, 2.75) is 32.2 Å². The van der Waals surface area contributed by atoms with Crippen LogP contribution in [0, 0.1) is 0 Å². The van der Waals surface area contributed by atoms with E-state index in [0.29, 0.717) is 12.3 Å². The SMILES string of the molecule is CC(C)c1cccc(NC(=O)C(N)Cc2ccccc2)c1.Cl. The molecule has 0 spiro atoms. The van der Waals surface area contributed by atoms with E-state index in [1.165, 1.54) is 5.56 Å². The summed E-state index contributed by atoms with van der Waals surface area (Å²) >= 11 is 0. The van der Waals surface area contributed by atoms with Crippen molar-refractivity contribution >= 4 is 24.0 Å². The highest BCUT2D eigenvalue weighted by molar-refractivity contribution is 5.94. The summed E-state index contributed by atoms with van der Waals surface area (Å²) in [6.07, 6.45) is 0.538. The number of benzene rings is 2. The standard InChI is InChI=1S/C18H22N2O.ClH/c1-13(2)15-9-6-10-16(12-15)20-18(21)17(19)11-14-7-4-3-5-8-14;/h3-10,12-13,17H,11,19H2,1-2H3,(H,20,21);1H. The first-order valence-electron chi connectivity index (χ1n) is 7.26. The second-order valence-electron chi connectivity index (χ2n) is 5.57. The van der Waals surface area contributed by atoms with Crippen molar-refractivity contribution in [2.75, 3.05) is 5.32 Å². The molecule has 3 nitrogen and oxygen atoms in total. The minimum absolute atomic E-state index is 0. The Labute approximate surface area is 138 Å². The van der Waals surface area contributed by atoms with Crippen molar-refractivity contribution in [3.63, 3.8) is 0 Å². The first kappa shape index (κ1) is 18.2. The largest absolute Gasteiger partial charge is 0.325 e. The third-order valence-corrected chi connectivity index (χ3v) is 3.46. The zero-order valence-electron chi connectivity index (χ0n) is 13.0. The van der Waals surface area contributed by atoms with E-state index in [4.69, 9.17) is 5.73 Å². The number of carbonyl (C=O) groups is 1. The predicted octanol–water partition coefficient (Wildman–Crippen LogP) is 3.74. The molecule has 2 aromatic rings. The molecule has 0 radical (unpaired) electrons. The molecular weight excluding hydrogens is 296 g/mol. The molecule has 1 atom stereocenters. The van der Waals surface area contributed by atoms with E-state index < -0.39 is 6.04 Å². The Morgan fingerprint density at radius 1 is 1.09 bits per heavy atom. The molecule has 0 aliphatic rings. The number of nitrogens with one attached hydrogen (secondary N) is 1. The lowest BCUT2D eigenvalue weighted by Crippen LogP contribution is -2.37. The Kier molecular flexibility index (Phi) is 7.09. The Hall–Kier alpha value is -1.84. The third kappa shape index (κ3) is 5.17. The van der Waals surface area contributed by atoms with Gasteiger partial charge in [0, 0.05) is 5.69 Å². The molecule has 4 heteroatoms. The molecule has 118 valence electrons. The summed E-state index contributed by atoms with van der Waals surface area (Å²) < 4.78 is 0. The van der Waals surface area contributed by atoms with Crippen LogP contribution in [0.3, 0.4) is 0 Å². The van der Waals surface area contributed by atoms with Gasteiger partial charge >= 0.3 is 0 Å². The Morgan fingerprint density at radius 3 is 2.41 bits per heavy atom. The van der Waals surface area contributed by atoms with Gasteiger partial charge in [-0.1, -0.05) is 56.3 Å². The fourth-order valence-corrected chi connectivity index (χ4v) is 2.17. The van der Waals surface area contributed by atoms with Crippen LogP contribution < -0.4 is 11.1 Å². The molecule has 1 unspecified atom stereocenters. The van der Waals surface area contributed by atoms with Crippen molar-refractivity contribution < 1.29 is 4.79 Å². The van der Waals surface area contributed by atoms with Gasteiger partial charge in [-0.2, -0.15) is 0 Å². The highest BCUT2D eigenvalue weighted by atomic mass is 35.5. The van der Waals surface area contributed by atoms with Gasteiger partial charge in [0.25, 0.3) is 0 Å². The van der Waals surface area contributed by atoms with Gasteiger partial charge in [0.1, 0.15) is 0 Å². The van der Waals surface area contributed by atoms with Crippen LogP contribution in [0.25, 0.3) is 0 Å². The number of anilines is 1. The first-order valence-corrected chi connectivity index (χ1v) is 7.26. The molecule has 0 heterocycles. The van der Waals surface area contributed by atoms with Crippen LogP contribution in [-0.4, -0.2) is 11.9 Å². The van der Waals surface area contributed by atoms with E-state index >= 15 is 0 Å². The van der Waals surface area contributed by atoms with Gasteiger partial charge in [-0.15, -0.1) is 12.4 Å². The van der Waals surface area contributed by atoms with Crippen molar-refractivity contribution in [3.05, 3.63) is 65.7 Å². The molecule has 3 N–H and O–H groups in total. The minimum atomic E-state index is -0.546.